The fourth-order valence-corrected chi connectivity index (χ4v) is 2.44. The van der Waals surface area contributed by atoms with E-state index in [1.165, 1.54) is 22.0 Å². The number of fused-ring (bicyclic) bond motifs is 1. The number of hydrogen-bond acceptors (Lipinski definition) is 4. The summed E-state index contributed by atoms with van der Waals surface area (Å²) >= 11 is 1.28. The summed E-state index contributed by atoms with van der Waals surface area (Å²) in [5, 5.41) is 6.99. The molecule has 0 aliphatic rings. The Morgan fingerprint density at radius 2 is 2.05 bits per heavy atom. The number of halogens is 3. The Bertz CT molecular complexity index is 826. The number of hydrogen-bond donors (Lipinski definition) is 1. The van der Waals surface area contributed by atoms with Gasteiger partial charge in [0.05, 0.1) is 11.9 Å². The van der Waals surface area contributed by atoms with Crippen LogP contribution in [-0.4, -0.2) is 20.5 Å². The van der Waals surface area contributed by atoms with E-state index in [-0.39, 0.29) is 5.69 Å². The predicted octanol–water partition coefficient (Wildman–Crippen LogP) is 2.77. The molecule has 1 N–H and O–H groups in total. The molecule has 2 heterocycles. The average Bonchev–Trinajstić information content (AvgIpc) is 2.96. The molecule has 0 saturated heterocycles. The summed E-state index contributed by atoms with van der Waals surface area (Å²) in [4.78, 5) is 16.4. The Balaban J connectivity index is 1.89. The van der Waals surface area contributed by atoms with Crippen LogP contribution in [0.15, 0.2) is 18.3 Å². The lowest BCUT2D eigenvalue weighted by molar-refractivity contribution is 0.102. The van der Waals surface area contributed by atoms with Crippen LogP contribution in [0, 0.1) is 24.4 Å². The van der Waals surface area contributed by atoms with Crippen LogP contribution in [-0.2, 0) is 0 Å². The first-order chi connectivity index (χ1) is 9.95. The number of aryl methyl sites for hydroxylation is 1. The largest absolute Gasteiger partial charge is 0.318 e. The van der Waals surface area contributed by atoms with E-state index in [0.29, 0.717) is 4.96 Å². The van der Waals surface area contributed by atoms with Crippen LogP contribution in [0.4, 0.5) is 18.9 Å². The van der Waals surface area contributed by atoms with Crippen molar-refractivity contribution in [2.45, 2.75) is 6.92 Å². The van der Waals surface area contributed by atoms with Gasteiger partial charge in [-0.3, -0.25) is 4.79 Å². The van der Waals surface area contributed by atoms with Crippen LogP contribution < -0.4 is 5.32 Å². The number of nitrogens with zero attached hydrogens (tertiary/aromatic N) is 3. The zero-order valence-electron chi connectivity index (χ0n) is 10.5. The SMILES string of the molecule is Cc1nn2cc(C(=O)Nc3ccc(F)c(F)c3F)nc2s1. The predicted molar refractivity (Wildman–Crippen MR) is 69.9 cm³/mol. The number of rotatable bonds is 2. The number of imidazole rings is 1. The van der Waals surface area contributed by atoms with Gasteiger partial charge in [0.2, 0.25) is 4.96 Å². The summed E-state index contributed by atoms with van der Waals surface area (Å²) in [7, 11) is 0. The highest BCUT2D eigenvalue weighted by molar-refractivity contribution is 7.16. The van der Waals surface area contributed by atoms with E-state index in [9.17, 15) is 18.0 Å². The molecule has 1 aromatic carbocycles. The Morgan fingerprint density at radius 3 is 2.76 bits per heavy atom. The average molecular weight is 312 g/mol. The van der Waals surface area contributed by atoms with Crippen LogP contribution in [0.25, 0.3) is 4.96 Å². The summed E-state index contributed by atoms with van der Waals surface area (Å²) in [6.45, 7) is 1.79. The van der Waals surface area contributed by atoms with Gasteiger partial charge in [-0.05, 0) is 19.1 Å². The molecule has 1 amide bonds. The van der Waals surface area contributed by atoms with Crippen molar-refractivity contribution in [2.75, 3.05) is 5.32 Å². The Labute approximate surface area is 120 Å². The van der Waals surface area contributed by atoms with E-state index in [2.05, 4.69) is 15.4 Å². The zero-order valence-corrected chi connectivity index (χ0v) is 11.3. The van der Waals surface area contributed by atoms with Gasteiger partial charge < -0.3 is 5.32 Å². The number of carbonyl (C=O) groups excluding carboxylic acids is 1. The third kappa shape index (κ3) is 2.35. The van der Waals surface area contributed by atoms with Gasteiger partial charge in [0.15, 0.2) is 17.5 Å². The van der Waals surface area contributed by atoms with Crippen molar-refractivity contribution in [3.8, 4) is 0 Å². The molecule has 0 bridgehead atoms. The minimum absolute atomic E-state index is 0.00196. The first kappa shape index (κ1) is 13.6. The van der Waals surface area contributed by atoms with E-state index in [0.717, 1.165) is 17.1 Å². The molecular formula is C12H7F3N4OS. The van der Waals surface area contributed by atoms with Gasteiger partial charge in [0, 0.05) is 0 Å². The van der Waals surface area contributed by atoms with Gasteiger partial charge >= 0.3 is 0 Å². The maximum absolute atomic E-state index is 13.5. The van der Waals surface area contributed by atoms with E-state index in [1.54, 1.807) is 6.92 Å². The van der Waals surface area contributed by atoms with Gasteiger partial charge in [0.25, 0.3) is 5.91 Å². The third-order valence-corrected chi connectivity index (χ3v) is 3.50. The van der Waals surface area contributed by atoms with E-state index in [1.807, 2.05) is 0 Å². The maximum Gasteiger partial charge on any atom is 0.276 e. The van der Waals surface area contributed by atoms with Crippen LogP contribution in [0.5, 0.6) is 0 Å². The van der Waals surface area contributed by atoms with Gasteiger partial charge in [-0.15, -0.1) is 0 Å². The Kier molecular flexibility index (Phi) is 3.13. The van der Waals surface area contributed by atoms with Gasteiger partial charge in [0.1, 0.15) is 10.7 Å². The van der Waals surface area contributed by atoms with Crippen LogP contribution in [0.2, 0.25) is 0 Å². The number of benzene rings is 1. The molecule has 3 rings (SSSR count). The second-order valence-electron chi connectivity index (χ2n) is 4.15. The molecule has 0 unspecified atom stereocenters. The molecule has 9 heteroatoms. The fourth-order valence-electron chi connectivity index (χ4n) is 1.72. The third-order valence-electron chi connectivity index (χ3n) is 2.66. The number of nitrogens with one attached hydrogen (secondary N) is 1. The summed E-state index contributed by atoms with van der Waals surface area (Å²) in [5.74, 6) is -5.17. The minimum Gasteiger partial charge on any atom is -0.318 e. The highest BCUT2D eigenvalue weighted by Gasteiger charge is 2.18. The standard InChI is InChI=1S/C12H7F3N4OS/c1-5-18-19-4-8(17-12(19)21-5)11(20)16-7-3-2-6(13)9(14)10(7)15/h2-4H,1H3,(H,16,20). The zero-order chi connectivity index (χ0) is 15.1. The molecule has 5 nitrogen and oxygen atoms in total. The summed E-state index contributed by atoms with van der Waals surface area (Å²) in [6.07, 6.45) is 1.37. The van der Waals surface area contributed by atoms with Gasteiger partial charge in [-0.25, -0.2) is 22.7 Å². The van der Waals surface area contributed by atoms with Crippen LogP contribution in [0.3, 0.4) is 0 Å². The van der Waals surface area contributed by atoms with Crippen molar-refractivity contribution in [3.63, 3.8) is 0 Å². The summed E-state index contributed by atoms with van der Waals surface area (Å²) in [6, 6.07) is 1.66. The molecule has 0 aliphatic carbocycles. The summed E-state index contributed by atoms with van der Waals surface area (Å²) < 4.78 is 40.8. The smallest absolute Gasteiger partial charge is 0.276 e. The van der Waals surface area contributed by atoms with Crippen molar-refractivity contribution >= 4 is 27.9 Å². The first-order valence-electron chi connectivity index (χ1n) is 5.73. The van der Waals surface area contributed by atoms with Crippen molar-refractivity contribution in [1.82, 2.24) is 14.6 Å². The number of aromatic nitrogens is 3. The van der Waals surface area contributed by atoms with Gasteiger partial charge in [-0.2, -0.15) is 5.10 Å². The molecular weight excluding hydrogens is 305 g/mol. The molecule has 0 fully saturated rings. The number of carbonyl (C=O) groups is 1. The molecule has 0 spiro atoms. The van der Waals surface area contributed by atoms with Gasteiger partial charge in [-0.1, -0.05) is 11.3 Å². The lowest BCUT2D eigenvalue weighted by atomic mass is 10.2. The molecule has 108 valence electrons. The molecule has 3 aromatic rings. The number of amides is 1. The molecule has 0 aliphatic heterocycles. The molecule has 0 radical (unpaired) electrons. The highest BCUT2D eigenvalue weighted by atomic mass is 32.1. The molecule has 2 aromatic heterocycles. The summed E-state index contributed by atoms with van der Waals surface area (Å²) in [5.41, 5.74) is -0.461. The highest BCUT2D eigenvalue weighted by Crippen LogP contribution is 2.20. The lowest BCUT2D eigenvalue weighted by Gasteiger charge is -2.05. The Morgan fingerprint density at radius 1 is 1.29 bits per heavy atom. The quantitative estimate of drug-likeness (QED) is 0.740. The Hall–Kier alpha value is -2.42. The topological polar surface area (TPSA) is 59.3 Å². The van der Waals surface area contributed by atoms with Crippen LogP contribution in [0.1, 0.15) is 15.5 Å². The van der Waals surface area contributed by atoms with Crippen molar-refractivity contribution in [3.05, 3.63) is 46.5 Å². The molecule has 0 saturated carbocycles. The normalized spacial score (nSPS) is 11.0. The maximum atomic E-state index is 13.5. The monoisotopic (exact) mass is 312 g/mol. The first-order valence-corrected chi connectivity index (χ1v) is 6.55. The molecule has 21 heavy (non-hydrogen) atoms. The van der Waals surface area contributed by atoms with Crippen LogP contribution >= 0.6 is 11.3 Å². The lowest BCUT2D eigenvalue weighted by Crippen LogP contribution is -2.14. The number of anilines is 1. The fraction of sp³-hybridized carbons (Fsp3) is 0.0833. The van der Waals surface area contributed by atoms with Crippen molar-refractivity contribution in [2.24, 2.45) is 0 Å². The van der Waals surface area contributed by atoms with E-state index < -0.39 is 29.0 Å². The second kappa shape index (κ2) is 4.85. The van der Waals surface area contributed by atoms with E-state index in [4.69, 9.17) is 0 Å². The minimum atomic E-state index is -1.64. The van der Waals surface area contributed by atoms with E-state index >= 15 is 0 Å². The van der Waals surface area contributed by atoms with Crippen molar-refractivity contribution < 1.29 is 18.0 Å². The second-order valence-corrected chi connectivity index (χ2v) is 5.31. The van der Waals surface area contributed by atoms with Crippen molar-refractivity contribution in [1.29, 1.82) is 0 Å². The molecule has 0 atom stereocenters.